The first kappa shape index (κ1) is 28.1. The van der Waals surface area contributed by atoms with E-state index in [1.165, 1.54) is 0 Å². The first-order chi connectivity index (χ1) is 28.9. The van der Waals surface area contributed by atoms with E-state index in [1.54, 1.807) is 0 Å². The van der Waals surface area contributed by atoms with Gasteiger partial charge in [0, 0.05) is 38.7 Å². The van der Waals surface area contributed by atoms with E-state index >= 15 is 0 Å². The fraction of sp³-hybridized carbons (Fsp3) is 0. The van der Waals surface area contributed by atoms with Crippen molar-refractivity contribution in [2.24, 2.45) is 0 Å². The van der Waals surface area contributed by atoms with Gasteiger partial charge in [0.2, 0.25) is 0 Å². The third-order valence-corrected chi connectivity index (χ3v) is 9.96. The van der Waals surface area contributed by atoms with Crippen LogP contribution < -0.4 is 0 Å². The van der Waals surface area contributed by atoms with Crippen LogP contribution in [0.25, 0.3) is 95.0 Å². The van der Waals surface area contributed by atoms with Gasteiger partial charge in [-0.3, -0.25) is 0 Å². The standard InChI is InChI=1S/C51H34N4/c1-5-16-35(17-6-1)40-32-41(36-18-7-2-8-19-36)34-42(33-40)44-25-15-26-46-45-24-13-14-27-47(45)55(48(44)46)43-30-28-39(29-31-43)51-53-49(37-20-9-3-10-21-37)52-50(54-51)38-22-11-4-12-23-38/h1-34H/i13D,14D,24D,27D. The summed E-state index contributed by atoms with van der Waals surface area (Å²) in [4.78, 5) is 14.7. The summed E-state index contributed by atoms with van der Waals surface area (Å²) in [7, 11) is 0. The topological polar surface area (TPSA) is 43.6 Å². The van der Waals surface area contributed by atoms with Crippen molar-refractivity contribution in [3.63, 3.8) is 0 Å². The summed E-state index contributed by atoms with van der Waals surface area (Å²) in [6.07, 6.45) is 0. The molecule has 10 aromatic rings. The Kier molecular flexibility index (Phi) is 7.08. The molecular formula is C51H34N4. The van der Waals surface area contributed by atoms with Crippen molar-refractivity contribution in [3.05, 3.63) is 206 Å². The maximum absolute atomic E-state index is 9.27. The highest BCUT2D eigenvalue weighted by molar-refractivity contribution is 6.14. The molecule has 0 aliphatic carbocycles. The molecular weight excluding hydrogens is 669 g/mol. The molecule has 0 unspecified atom stereocenters. The molecule has 258 valence electrons. The van der Waals surface area contributed by atoms with Gasteiger partial charge in [-0.1, -0.05) is 158 Å². The molecule has 0 saturated heterocycles. The van der Waals surface area contributed by atoms with E-state index in [2.05, 4.69) is 48.5 Å². The Morgan fingerprint density at radius 2 is 0.818 bits per heavy atom. The average molecular weight is 707 g/mol. The minimum Gasteiger partial charge on any atom is -0.309 e. The van der Waals surface area contributed by atoms with E-state index in [0.29, 0.717) is 28.4 Å². The highest BCUT2D eigenvalue weighted by Crippen LogP contribution is 2.41. The molecule has 8 aromatic carbocycles. The summed E-state index contributed by atoms with van der Waals surface area (Å²) in [5, 5.41) is 1.20. The Morgan fingerprint density at radius 1 is 0.364 bits per heavy atom. The fourth-order valence-electron chi connectivity index (χ4n) is 7.33. The Bertz CT molecular complexity index is 3060. The molecule has 0 spiro atoms. The van der Waals surface area contributed by atoms with Crippen LogP contribution in [-0.4, -0.2) is 19.5 Å². The maximum Gasteiger partial charge on any atom is 0.164 e. The molecule has 4 heteroatoms. The van der Waals surface area contributed by atoms with Gasteiger partial charge in [-0.2, -0.15) is 0 Å². The molecule has 10 rings (SSSR count). The molecule has 0 radical (unpaired) electrons. The van der Waals surface area contributed by atoms with Crippen LogP contribution in [0.3, 0.4) is 0 Å². The molecule has 0 aliphatic rings. The van der Waals surface area contributed by atoms with Crippen LogP contribution in [0.4, 0.5) is 0 Å². The first-order valence-corrected chi connectivity index (χ1v) is 18.2. The van der Waals surface area contributed by atoms with E-state index < -0.39 is 0 Å². The maximum atomic E-state index is 9.27. The van der Waals surface area contributed by atoms with Gasteiger partial charge < -0.3 is 4.57 Å². The molecule has 0 fully saturated rings. The van der Waals surface area contributed by atoms with Crippen molar-refractivity contribution in [1.82, 2.24) is 19.5 Å². The Balaban J connectivity index is 1.21. The highest BCUT2D eigenvalue weighted by atomic mass is 15.0. The summed E-state index contributed by atoms with van der Waals surface area (Å²) >= 11 is 0. The van der Waals surface area contributed by atoms with Crippen LogP contribution in [0.2, 0.25) is 0 Å². The third kappa shape index (κ3) is 6.06. The lowest BCUT2D eigenvalue weighted by Gasteiger charge is -2.15. The van der Waals surface area contributed by atoms with Crippen LogP contribution in [0, 0.1) is 0 Å². The summed E-state index contributed by atoms with van der Waals surface area (Å²) in [6.45, 7) is 0. The van der Waals surface area contributed by atoms with Crippen molar-refractivity contribution >= 4 is 21.8 Å². The molecule has 0 N–H and O–H groups in total. The van der Waals surface area contributed by atoms with Gasteiger partial charge in [0.25, 0.3) is 0 Å². The van der Waals surface area contributed by atoms with Crippen molar-refractivity contribution in [3.8, 4) is 73.2 Å². The Labute approximate surface area is 325 Å². The van der Waals surface area contributed by atoms with Crippen LogP contribution in [0.5, 0.6) is 0 Å². The van der Waals surface area contributed by atoms with E-state index in [0.717, 1.165) is 66.7 Å². The third-order valence-electron chi connectivity index (χ3n) is 9.96. The summed E-state index contributed by atoms with van der Waals surface area (Å²) in [6, 6.07) is 60.0. The molecule has 2 aromatic heterocycles. The second-order valence-corrected chi connectivity index (χ2v) is 13.4. The van der Waals surface area contributed by atoms with E-state index in [1.807, 2.05) is 138 Å². The van der Waals surface area contributed by atoms with Gasteiger partial charge in [-0.05, 0) is 76.3 Å². The zero-order valence-corrected chi connectivity index (χ0v) is 29.6. The number of aromatic nitrogens is 4. The van der Waals surface area contributed by atoms with Crippen molar-refractivity contribution in [2.75, 3.05) is 0 Å². The minimum atomic E-state index is -0.283. The molecule has 0 bridgehead atoms. The van der Waals surface area contributed by atoms with Gasteiger partial charge in [0.15, 0.2) is 17.5 Å². The zero-order chi connectivity index (χ0) is 40.0. The lowest BCUT2D eigenvalue weighted by Crippen LogP contribution is -2.00. The summed E-state index contributed by atoms with van der Waals surface area (Å²) in [5.74, 6) is 1.64. The highest BCUT2D eigenvalue weighted by Gasteiger charge is 2.19. The molecule has 0 amide bonds. The molecule has 2 heterocycles. The van der Waals surface area contributed by atoms with E-state index in [-0.39, 0.29) is 24.2 Å². The van der Waals surface area contributed by atoms with Crippen LogP contribution in [-0.2, 0) is 0 Å². The Morgan fingerprint density at radius 3 is 1.35 bits per heavy atom. The number of nitrogens with zero attached hydrogens (tertiary/aromatic N) is 4. The second-order valence-electron chi connectivity index (χ2n) is 13.4. The predicted octanol–water partition coefficient (Wildman–Crippen LogP) is 13.0. The van der Waals surface area contributed by atoms with Crippen LogP contribution in [0.15, 0.2) is 206 Å². The van der Waals surface area contributed by atoms with Crippen molar-refractivity contribution in [2.45, 2.75) is 0 Å². The van der Waals surface area contributed by atoms with Crippen molar-refractivity contribution < 1.29 is 5.48 Å². The molecule has 0 saturated carbocycles. The average Bonchev–Trinajstić information content (AvgIpc) is 3.67. The summed E-state index contributed by atoms with van der Waals surface area (Å²) in [5.41, 5.74) is 10.6. The summed E-state index contributed by atoms with van der Waals surface area (Å²) < 4.78 is 37.8. The molecule has 0 atom stereocenters. The van der Waals surface area contributed by atoms with E-state index in [9.17, 15) is 1.37 Å². The lowest BCUT2D eigenvalue weighted by molar-refractivity contribution is 1.07. The van der Waals surface area contributed by atoms with Crippen LogP contribution in [0.1, 0.15) is 5.48 Å². The van der Waals surface area contributed by atoms with Gasteiger partial charge >= 0.3 is 0 Å². The number of benzene rings is 8. The number of hydrogen-bond donors (Lipinski definition) is 0. The van der Waals surface area contributed by atoms with Crippen LogP contribution >= 0.6 is 0 Å². The fourth-order valence-corrected chi connectivity index (χ4v) is 7.33. The molecule has 55 heavy (non-hydrogen) atoms. The minimum absolute atomic E-state index is 0.0754. The SMILES string of the molecule is [2H]c1c([2H])c([2H])c2c(c1[2H])c1cccc(-c3cc(-c4ccccc4)cc(-c4ccccc4)c3)c1n2-c1ccc(-c2nc(-c3ccccc3)nc(-c3ccccc3)n2)cc1. The molecule has 0 aliphatic heterocycles. The quantitative estimate of drug-likeness (QED) is 0.166. The Hall–Kier alpha value is -7.43. The normalized spacial score (nSPS) is 12.3. The largest absolute Gasteiger partial charge is 0.309 e. The van der Waals surface area contributed by atoms with Gasteiger partial charge in [-0.15, -0.1) is 0 Å². The molecule has 4 nitrogen and oxygen atoms in total. The number of rotatable bonds is 7. The lowest BCUT2D eigenvalue weighted by atomic mass is 9.92. The van der Waals surface area contributed by atoms with Crippen molar-refractivity contribution in [1.29, 1.82) is 0 Å². The number of fused-ring (bicyclic) bond motifs is 3. The van der Waals surface area contributed by atoms with Gasteiger partial charge in [0.1, 0.15) is 0 Å². The second kappa shape index (κ2) is 13.8. The van der Waals surface area contributed by atoms with Gasteiger partial charge in [0.05, 0.1) is 16.5 Å². The number of para-hydroxylation sites is 2. The monoisotopic (exact) mass is 706 g/mol. The number of hydrogen-bond acceptors (Lipinski definition) is 3. The van der Waals surface area contributed by atoms with Gasteiger partial charge in [-0.25, -0.2) is 15.0 Å². The van der Waals surface area contributed by atoms with E-state index in [4.69, 9.17) is 19.1 Å². The smallest absolute Gasteiger partial charge is 0.164 e. The first-order valence-electron chi connectivity index (χ1n) is 20.2. The predicted molar refractivity (Wildman–Crippen MR) is 227 cm³/mol. The zero-order valence-electron chi connectivity index (χ0n) is 33.6.